The lowest BCUT2D eigenvalue weighted by atomic mass is 10.0. The monoisotopic (exact) mass is 304 g/mol. The van der Waals surface area contributed by atoms with Gasteiger partial charge in [-0.15, -0.1) is 0 Å². The van der Waals surface area contributed by atoms with E-state index in [1.165, 1.54) is 0 Å². The Morgan fingerprint density at radius 1 is 1.00 bits per heavy atom. The second-order valence-corrected chi connectivity index (χ2v) is 5.00. The molecular weight excluding hydrogens is 288 g/mol. The van der Waals surface area contributed by atoms with Gasteiger partial charge in [0.25, 0.3) is 5.91 Å². The van der Waals surface area contributed by atoms with E-state index in [0.29, 0.717) is 5.56 Å². The van der Waals surface area contributed by atoms with Crippen LogP contribution in [0.15, 0.2) is 71.8 Å². The summed E-state index contributed by atoms with van der Waals surface area (Å²) in [5.74, 6) is 0.550. The van der Waals surface area contributed by atoms with E-state index in [-0.39, 0.29) is 5.91 Å². The highest BCUT2D eigenvalue weighted by Crippen LogP contribution is 2.18. The van der Waals surface area contributed by atoms with Crippen LogP contribution in [0, 0.1) is 0 Å². The fourth-order valence-electron chi connectivity index (χ4n) is 2.34. The third kappa shape index (κ3) is 3.37. The van der Waals surface area contributed by atoms with Crippen LogP contribution < -0.4 is 10.2 Å². The number of hydrogen-bond acceptors (Lipinski definition) is 3. The quantitative estimate of drug-likeness (QED) is 0.591. The first-order valence-corrected chi connectivity index (χ1v) is 7.23. The first-order chi connectivity index (χ1) is 11.3. The van der Waals surface area contributed by atoms with Gasteiger partial charge in [-0.05, 0) is 46.7 Å². The minimum atomic E-state index is -0.230. The van der Waals surface area contributed by atoms with Crippen molar-refractivity contribution in [1.82, 2.24) is 5.43 Å². The highest BCUT2D eigenvalue weighted by atomic mass is 16.5. The summed E-state index contributed by atoms with van der Waals surface area (Å²) in [6.07, 6.45) is 1.60. The molecule has 114 valence electrons. The largest absolute Gasteiger partial charge is 0.497 e. The molecule has 0 unspecified atom stereocenters. The van der Waals surface area contributed by atoms with Crippen molar-refractivity contribution in [2.24, 2.45) is 5.10 Å². The first-order valence-electron chi connectivity index (χ1n) is 7.23. The van der Waals surface area contributed by atoms with Crippen molar-refractivity contribution < 1.29 is 9.53 Å². The summed E-state index contributed by atoms with van der Waals surface area (Å²) in [5.41, 5.74) is 4.05. The summed E-state index contributed by atoms with van der Waals surface area (Å²) < 4.78 is 5.10. The highest BCUT2D eigenvalue weighted by Gasteiger charge is 2.08. The van der Waals surface area contributed by atoms with Gasteiger partial charge in [0.2, 0.25) is 0 Å². The number of ether oxygens (including phenoxy) is 1. The molecule has 4 nitrogen and oxygen atoms in total. The average Bonchev–Trinajstić information content (AvgIpc) is 2.61. The molecule has 0 heterocycles. The molecule has 0 spiro atoms. The smallest absolute Gasteiger partial charge is 0.271 e. The van der Waals surface area contributed by atoms with Gasteiger partial charge in [0.15, 0.2) is 0 Å². The van der Waals surface area contributed by atoms with Crippen molar-refractivity contribution in [3.8, 4) is 5.75 Å². The molecule has 0 fully saturated rings. The average molecular weight is 304 g/mol. The van der Waals surface area contributed by atoms with Crippen molar-refractivity contribution in [1.29, 1.82) is 0 Å². The maximum absolute atomic E-state index is 12.3. The van der Waals surface area contributed by atoms with Crippen LogP contribution in [0.4, 0.5) is 0 Å². The topological polar surface area (TPSA) is 50.7 Å². The van der Waals surface area contributed by atoms with Crippen molar-refractivity contribution in [2.75, 3.05) is 7.11 Å². The molecule has 3 aromatic carbocycles. The Hall–Kier alpha value is -3.14. The van der Waals surface area contributed by atoms with Crippen LogP contribution >= 0.6 is 0 Å². The summed E-state index contributed by atoms with van der Waals surface area (Å²) >= 11 is 0. The summed E-state index contributed by atoms with van der Waals surface area (Å²) in [5, 5.41) is 5.95. The third-order valence-electron chi connectivity index (χ3n) is 3.53. The van der Waals surface area contributed by atoms with Crippen LogP contribution in [0.5, 0.6) is 5.75 Å². The lowest BCUT2D eigenvalue weighted by Crippen LogP contribution is -2.17. The fraction of sp³-hybridized carbons (Fsp3) is 0.0526. The van der Waals surface area contributed by atoms with Crippen molar-refractivity contribution in [2.45, 2.75) is 0 Å². The molecular formula is C19H16N2O2. The molecule has 0 atom stereocenters. The SMILES string of the molecule is COc1ccc(C=NNC(=O)c2cccc3ccccc23)cc1. The molecule has 0 aromatic heterocycles. The van der Waals surface area contributed by atoms with E-state index in [4.69, 9.17) is 4.74 Å². The van der Waals surface area contributed by atoms with Crippen LogP contribution in [-0.2, 0) is 0 Å². The summed E-state index contributed by atoms with van der Waals surface area (Å²) in [6, 6.07) is 20.8. The lowest BCUT2D eigenvalue weighted by molar-refractivity contribution is 0.0957. The lowest BCUT2D eigenvalue weighted by Gasteiger charge is -2.04. The van der Waals surface area contributed by atoms with E-state index in [0.717, 1.165) is 22.1 Å². The number of fused-ring (bicyclic) bond motifs is 1. The number of benzene rings is 3. The Kier molecular flexibility index (Phi) is 4.34. The molecule has 4 heteroatoms. The predicted molar refractivity (Wildman–Crippen MR) is 92.0 cm³/mol. The van der Waals surface area contributed by atoms with Crippen LogP contribution in [0.3, 0.4) is 0 Å². The fourth-order valence-corrected chi connectivity index (χ4v) is 2.34. The first kappa shape index (κ1) is 14.8. The zero-order valence-corrected chi connectivity index (χ0v) is 12.7. The Labute approximate surface area is 134 Å². The molecule has 0 aliphatic carbocycles. The molecule has 0 saturated carbocycles. The van der Waals surface area contributed by atoms with Crippen LogP contribution in [0.1, 0.15) is 15.9 Å². The van der Waals surface area contributed by atoms with E-state index < -0.39 is 0 Å². The Balaban J connectivity index is 1.74. The van der Waals surface area contributed by atoms with Gasteiger partial charge in [-0.25, -0.2) is 5.43 Å². The number of methoxy groups -OCH3 is 1. The van der Waals surface area contributed by atoms with E-state index in [1.807, 2.05) is 60.7 Å². The van der Waals surface area contributed by atoms with Crippen molar-refractivity contribution >= 4 is 22.9 Å². The Morgan fingerprint density at radius 3 is 2.52 bits per heavy atom. The van der Waals surface area contributed by atoms with Gasteiger partial charge in [0, 0.05) is 5.56 Å². The number of rotatable bonds is 4. The Bertz CT molecular complexity index is 849. The molecule has 23 heavy (non-hydrogen) atoms. The van der Waals surface area contributed by atoms with Crippen LogP contribution in [-0.4, -0.2) is 19.2 Å². The number of carbonyl (C=O) groups excluding carboxylic acids is 1. The summed E-state index contributed by atoms with van der Waals surface area (Å²) in [6.45, 7) is 0. The third-order valence-corrected chi connectivity index (χ3v) is 3.53. The number of nitrogens with zero attached hydrogens (tertiary/aromatic N) is 1. The molecule has 3 rings (SSSR count). The van der Waals surface area contributed by atoms with Gasteiger partial charge in [0.1, 0.15) is 5.75 Å². The highest BCUT2D eigenvalue weighted by molar-refractivity contribution is 6.07. The minimum Gasteiger partial charge on any atom is -0.497 e. The number of nitrogens with one attached hydrogen (secondary N) is 1. The molecule has 0 aliphatic heterocycles. The molecule has 0 saturated heterocycles. The second-order valence-electron chi connectivity index (χ2n) is 5.00. The normalized spacial score (nSPS) is 10.8. The maximum atomic E-state index is 12.3. The molecule has 0 aliphatic rings. The van der Waals surface area contributed by atoms with E-state index in [9.17, 15) is 4.79 Å². The molecule has 0 radical (unpaired) electrons. The number of hydrazone groups is 1. The van der Waals surface area contributed by atoms with Crippen LogP contribution in [0.25, 0.3) is 10.8 Å². The number of hydrogen-bond donors (Lipinski definition) is 1. The van der Waals surface area contributed by atoms with Gasteiger partial charge in [-0.1, -0.05) is 36.4 Å². The molecule has 1 amide bonds. The minimum absolute atomic E-state index is 0.230. The predicted octanol–water partition coefficient (Wildman–Crippen LogP) is 3.61. The van der Waals surface area contributed by atoms with Crippen molar-refractivity contribution in [3.63, 3.8) is 0 Å². The van der Waals surface area contributed by atoms with Gasteiger partial charge in [-0.2, -0.15) is 5.10 Å². The second kappa shape index (κ2) is 6.75. The van der Waals surface area contributed by atoms with Gasteiger partial charge in [-0.3, -0.25) is 4.79 Å². The molecule has 3 aromatic rings. The van der Waals surface area contributed by atoms with E-state index in [2.05, 4.69) is 10.5 Å². The van der Waals surface area contributed by atoms with Gasteiger partial charge >= 0.3 is 0 Å². The Morgan fingerprint density at radius 2 is 1.74 bits per heavy atom. The van der Waals surface area contributed by atoms with E-state index >= 15 is 0 Å². The van der Waals surface area contributed by atoms with Crippen molar-refractivity contribution in [3.05, 3.63) is 77.9 Å². The zero-order valence-electron chi connectivity index (χ0n) is 12.7. The number of amides is 1. The number of carbonyl (C=O) groups is 1. The summed E-state index contributed by atoms with van der Waals surface area (Å²) in [4.78, 5) is 12.3. The standard InChI is InChI=1S/C19H16N2O2/c1-23-16-11-9-14(10-12-16)13-20-21-19(22)18-8-4-6-15-5-2-3-7-17(15)18/h2-13H,1H3,(H,21,22). The zero-order chi connectivity index (χ0) is 16.1. The maximum Gasteiger partial charge on any atom is 0.271 e. The summed E-state index contributed by atoms with van der Waals surface area (Å²) in [7, 11) is 1.62. The van der Waals surface area contributed by atoms with Crippen LogP contribution in [0.2, 0.25) is 0 Å². The van der Waals surface area contributed by atoms with E-state index in [1.54, 1.807) is 19.4 Å². The van der Waals surface area contributed by atoms with Gasteiger partial charge < -0.3 is 4.74 Å². The molecule has 0 bridgehead atoms. The van der Waals surface area contributed by atoms with Gasteiger partial charge in [0.05, 0.1) is 13.3 Å². The molecule has 1 N–H and O–H groups in total.